The first-order valence-electron chi connectivity index (χ1n) is 8.15. The maximum atomic E-state index is 12.4. The van der Waals surface area contributed by atoms with Crippen LogP contribution in [0.2, 0.25) is 0 Å². The van der Waals surface area contributed by atoms with Gasteiger partial charge in [-0.05, 0) is 39.8 Å². The molecule has 4 rings (SSSR count). The summed E-state index contributed by atoms with van der Waals surface area (Å²) in [6.07, 6.45) is 1.27. The van der Waals surface area contributed by atoms with Gasteiger partial charge in [-0.15, -0.1) is 0 Å². The summed E-state index contributed by atoms with van der Waals surface area (Å²) in [7, 11) is 0. The van der Waals surface area contributed by atoms with Crippen LogP contribution in [0.3, 0.4) is 0 Å². The van der Waals surface area contributed by atoms with Crippen molar-refractivity contribution in [1.82, 2.24) is 10.3 Å². The zero-order chi connectivity index (χ0) is 19.7. The highest BCUT2D eigenvalue weighted by atomic mass is 79.9. The number of halogens is 1. The number of hydrogen-bond donors (Lipinski definition) is 1. The number of H-pyrrole nitrogens is 1. The molecular formula is C20H11BrN4O3. The number of nitrogens with one attached hydrogen (secondary N) is 1. The lowest BCUT2D eigenvalue weighted by Crippen LogP contribution is -2.31. The van der Waals surface area contributed by atoms with Crippen LogP contribution in [-0.2, 0) is 0 Å². The first-order chi connectivity index (χ1) is 13.6. The molecule has 8 heteroatoms. The zero-order valence-corrected chi connectivity index (χ0v) is 15.8. The Hall–Kier alpha value is -3.70. The number of rotatable bonds is 3. The SMILES string of the molecule is N#Cc1c(-c2ccccc2Br)cc(-c2ccc(-[n+]3cc(=O)o[nH]3)cc2)nc1[O-]. The fraction of sp³-hybridized carbons (Fsp3) is 0. The number of aromatic nitrogens is 3. The molecular weight excluding hydrogens is 424 g/mol. The van der Waals surface area contributed by atoms with Gasteiger partial charge in [-0.3, -0.25) is 9.51 Å². The fourth-order valence-corrected chi connectivity index (χ4v) is 3.34. The summed E-state index contributed by atoms with van der Waals surface area (Å²) >= 11 is 3.47. The molecule has 2 aromatic carbocycles. The van der Waals surface area contributed by atoms with Gasteiger partial charge in [0.25, 0.3) is 6.20 Å². The average molecular weight is 435 g/mol. The third-order valence-corrected chi connectivity index (χ3v) is 4.87. The lowest BCUT2D eigenvalue weighted by molar-refractivity contribution is -0.670. The molecule has 1 N–H and O–H groups in total. The number of benzene rings is 2. The highest BCUT2D eigenvalue weighted by Gasteiger charge is 2.14. The Balaban J connectivity index is 1.82. The van der Waals surface area contributed by atoms with Crippen molar-refractivity contribution in [1.29, 1.82) is 5.26 Å². The van der Waals surface area contributed by atoms with Gasteiger partial charge in [0.15, 0.2) is 0 Å². The molecule has 0 radical (unpaired) electrons. The second-order valence-corrected chi connectivity index (χ2v) is 6.74. The monoisotopic (exact) mass is 434 g/mol. The number of nitriles is 1. The molecule has 0 aliphatic carbocycles. The Morgan fingerprint density at radius 1 is 1.14 bits per heavy atom. The van der Waals surface area contributed by atoms with E-state index in [1.54, 1.807) is 30.3 Å². The summed E-state index contributed by atoms with van der Waals surface area (Å²) in [6, 6.07) is 18.1. The molecule has 0 aliphatic heterocycles. The summed E-state index contributed by atoms with van der Waals surface area (Å²) in [6.45, 7) is 0. The quantitative estimate of drug-likeness (QED) is 0.498. The van der Waals surface area contributed by atoms with Gasteiger partial charge < -0.3 is 5.11 Å². The van der Waals surface area contributed by atoms with E-state index in [1.807, 2.05) is 30.3 Å². The average Bonchev–Trinajstić information content (AvgIpc) is 3.14. The molecule has 2 aromatic heterocycles. The van der Waals surface area contributed by atoms with E-state index in [4.69, 9.17) is 0 Å². The lowest BCUT2D eigenvalue weighted by atomic mass is 9.99. The van der Waals surface area contributed by atoms with Crippen LogP contribution in [0.1, 0.15) is 5.56 Å². The lowest BCUT2D eigenvalue weighted by Gasteiger charge is -2.16. The molecule has 4 aromatic rings. The summed E-state index contributed by atoms with van der Waals surface area (Å²) in [5.74, 6) is -0.580. The van der Waals surface area contributed by atoms with Crippen molar-refractivity contribution >= 4 is 15.9 Å². The third-order valence-electron chi connectivity index (χ3n) is 4.18. The molecule has 2 heterocycles. The molecule has 0 bridgehead atoms. The van der Waals surface area contributed by atoms with E-state index in [0.717, 1.165) is 10.0 Å². The molecule has 0 fully saturated rings. The third kappa shape index (κ3) is 3.19. The van der Waals surface area contributed by atoms with Crippen LogP contribution in [-0.4, -0.2) is 10.3 Å². The molecule has 136 valence electrons. The first kappa shape index (κ1) is 17.7. The van der Waals surface area contributed by atoms with E-state index < -0.39 is 11.5 Å². The highest BCUT2D eigenvalue weighted by molar-refractivity contribution is 9.10. The molecule has 7 nitrogen and oxygen atoms in total. The van der Waals surface area contributed by atoms with Gasteiger partial charge in [-0.2, -0.15) is 5.26 Å². The maximum absolute atomic E-state index is 12.4. The van der Waals surface area contributed by atoms with Gasteiger partial charge in [0.05, 0.1) is 11.3 Å². The molecule has 0 unspecified atom stereocenters. The predicted octanol–water partition coefficient (Wildman–Crippen LogP) is 2.68. The topological polar surface area (TPSA) is 110 Å². The summed E-state index contributed by atoms with van der Waals surface area (Å²) in [4.78, 5) is 15.2. The Bertz CT molecular complexity index is 1270. The van der Waals surface area contributed by atoms with E-state index >= 15 is 0 Å². The zero-order valence-electron chi connectivity index (χ0n) is 14.2. The summed E-state index contributed by atoms with van der Waals surface area (Å²) in [5.41, 5.74) is 2.59. The number of pyridine rings is 1. The largest absolute Gasteiger partial charge is 0.858 e. The van der Waals surface area contributed by atoms with Crippen molar-refractivity contribution in [3.05, 3.63) is 81.3 Å². The molecule has 0 aliphatic rings. The molecule has 0 amide bonds. The Morgan fingerprint density at radius 3 is 2.54 bits per heavy atom. The van der Waals surface area contributed by atoms with Gasteiger partial charge in [0, 0.05) is 33.6 Å². The van der Waals surface area contributed by atoms with Gasteiger partial charge >= 0.3 is 5.63 Å². The molecule has 0 saturated carbocycles. The molecule has 0 saturated heterocycles. The van der Waals surface area contributed by atoms with Crippen LogP contribution < -0.4 is 15.4 Å². The van der Waals surface area contributed by atoms with Crippen molar-refractivity contribution in [3.8, 4) is 40.0 Å². The van der Waals surface area contributed by atoms with Gasteiger partial charge in [-0.25, -0.2) is 4.79 Å². The minimum atomic E-state index is -0.580. The molecule has 0 spiro atoms. The van der Waals surface area contributed by atoms with Crippen LogP contribution in [0, 0.1) is 11.3 Å². The van der Waals surface area contributed by atoms with Crippen LogP contribution in [0.4, 0.5) is 0 Å². The van der Waals surface area contributed by atoms with Crippen molar-refractivity contribution in [2.24, 2.45) is 0 Å². The first-order valence-corrected chi connectivity index (χ1v) is 8.94. The van der Waals surface area contributed by atoms with Crippen molar-refractivity contribution in [2.45, 2.75) is 0 Å². The van der Waals surface area contributed by atoms with E-state index in [0.29, 0.717) is 22.5 Å². The predicted molar refractivity (Wildman–Crippen MR) is 101 cm³/mol. The summed E-state index contributed by atoms with van der Waals surface area (Å²) in [5, 5.41) is 24.3. The fourth-order valence-electron chi connectivity index (χ4n) is 2.84. The highest BCUT2D eigenvalue weighted by Crippen LogP contribution is 2.35. The molecule has 28 heavy (non-hydrogen) atoms. The molecule has 0 atom stereocenters. The Kier molecular flexibility index (Phi) is 4.51. The van der Waals surface area contributed by atoms with Crippen LogP contribution >= 0.6 is 15.9 Å². The number of nitrogens with zero attached hydrogens (tertiary/aromatic N) is 3. The minimum Gasteiger partial charge on any atom is -0.858 e. The Morgan fingerprint density at radius 2 is 1.89 bits per heavy atom. The Labute approximate surface area is 167 Å². The van der Waals surface area contributed by atoms with Crippen LogP contribution in [0.15, 0.2) is 74.6 Å². The normalized spacial score (nSPS) is 10.6. The van der Waals surface area contributed by atoms with Crippen molar-refractivity contribution in [3.63, 3.8) is 0 Å². The second kappa shape index (κ2) is 7.13. The smallest absolute Gasteiger partial charge is 0.427 e. The van der Waals surface area contributed by atoms with Gasteiger partial charge in [-0.1, -0.05) is 34.1 Å². The minimum absolute atomic E-state index is 0.00111. The maximum Gasteiger partial charge on any atom is 0.427 e. The van der Waals surface area contributed by atoms with E-state index in [9.17, 15) is 15.2 Å². The van der Waals surface area contributed by atoms with E-state index in [1.165, 1.54) is 10.9 Å². The van der Waals surface area contributed by atoms with Crippen molar-refractivity contribution < 1.29 is 14.3 Å². The van der Waals surface area contributed by atoms with Crippen LogP contribution in [0.5, 0.6) is 5.88 Å². The number of aromatic amines is 1. The summed E-state index contributed by atoms with van der Waals surface area (Å²) < 4.78 is 6.86. The second-order valence-electron chi connectivity index (χ2n) is 5.89. The standard InChI is InChI=1S/C20H11BrN4O3/c21-17-4-2-1-3-14(17)15-9-18(23-20(27)16(15)10-22)12-5-7-13(8-6-12)25-11-19(26)28-24-25/h1-9,11H,(H-,23,24,26,27). The van der Waals surface area contributed by atoms with Crippen molar-refractivity contribution in [2.75, 3.05) is 0 Å². The van der Waals surface area contributed by atoms with Gasteiger partial charge in [0.2, 0.25) is 5.69 Å². The van der Waals surface area contributed by atoms with E-state index in [-0.39, 0.29) is 5.56 Å². The number of hydrogen-bond acceptors (Lipinski definition) is 5. The van der Waals surface area contributed by atoms with Crippen LogP contribution in [0.25, 0.3) is 28.1 Å². The van der Waals surface area contributed by atoms with Gasteiger partial charge in [0.1, 0.15) is 6.07 Å². The van der Waals surface area contributed by atoms with E-state index in [2.05, 4.69) is 30.7 Å².